The summed E-state index contributed by atoms with van der Waals surface area (Å²) in [6.45, 7) is 1.74. The molecule has 18 heavy (non-hydrogen) atoms. The van der Waals surface area contributed by atoms with Gasteiger partial charge in [0.25, 0.3) is 5.91 Å². The summed E-state index contributed by atoms with van der Waals surface area (Å²) < 4.78 is 2.17. The maximum absolute atomic E-state index is 11.9. The lowest BCUT2D eigenvalue weighted by atomic mass is 10.2. The molecule has 0 atom stereocenters. The average molecular weight is 284 g/mol. The lowest BCUT2D eigenvalue weighted by molar-refractivity contribution is 0.102. The van der Waals surface area contributed by atoms with Crippen molar-refractivity contribution in [1.29, 1.82) is 0 Å². The molecule has 6 nitrogen and oxygen atoms in total. The van der Waals surface area contributed by atoms with Crippen LogP contribution < -0.4 is 10.6 Å². The second kappa shape index (κ2) is 4.68. The molecule has 1 fully saturated rings. The zero-order valence-electron chi connectivity index (χ0n) is 9.26. The van der Waals surface area contributed by atoms with E-state index in [1.807, 2.05) is 4.68 Å². The number of rotatable bonds is 3. The van der Waals surface area contributed by atoms with E-state index in [1.165, 1.54) is 11.3 Å². The van der Waals surface area contributed by atoms with Gasteiger partial charge in [-0.1, -0.05) is 11.6 Å². The number of nitrogens with one attached hydrogen (secondary N) is 2. The van der Waals surface area contributed by atoms with Crippen molar-refractivity contribution in [2.45, 2.75) is 6.04 Å². The predicted octanol–water partition coefficient (Wildman–Crippen LogP) is 1.39. The summed E-state index contributed by atoms with van der Waals surface area (Å²) in [5.74, 6) is 0.405. The molecule has 2 N–H and O–H groups in total. The molecule has 1 aliphatic rings. The largest absolute Gasteiger partial charge is 0.312 e. The summed E-state index contributed by atoms with van der Waals surface area (Å²) in [4.78, 5) is 15.9. The first-order valence-electron chi connectivity index (χ1n) is 5.40. The fraction of sp³-hybridized carbons (Fsp3) is 0.300. The molecule has 8 heteroatoms. The number of hydrogen-bond acceptors (Lipinski definition) is 5. The lowest BCUT2D eigenvalue weighted by Gasteiger charge is -2.28. The fourth-order valence-corrected chi connectivity index (χ4v) is 2.43. The number of hydrogen-bond donors (Lipinski definition) is 2. The van der Waals surface area contributed by atoms with Crippen molar-refractivity contribution in [3.05, 3.63) is 27.8 Å². The number of anilines is 1. The van der Waals surface area contributed by atoms with E-state index in [0.29, 0.717) is 22.0 Å². The van der Waals surface area contributed by atoms with Crippen LogP contribution in [0, 0.1) is 0 Å². The Morgan fingerprint density at radius 2 is 2.44 bits per heavy atom. The molecule has 0 spiro atoms. The topological polar surface area (TPSA) is 71.8 Å². The molecule has 0 radical (unpaired) electrons. The van der Waals surface area contributed by atoms with Crippen molar-refractivity contribution in [3.8, 4) is 0 Å². The summed E-state index contributed by atoms with van der Waals surface area (Å²) in [6, 6.07) is 2.07. The zero-order chi connectivity index (χ0) is 12.5. The van der Waals surface area contributed by atoms with E-state index in [-0.39, 0.29) is 5.91 Å². The SMILES string of the molecule is O=C(Nc1ccnn1C1CNC1)c1csc(Cl)n1. The Morgan fingerprint density at radius 1 is 1.61 bits per heavy atom. The first-order valence-corrected chi connectivity index (χ1v) is 6.66. The number of nitrogens with zero attached hydrogens (tertiary/aromatic N) is 3. The molecule has 1 saturated heterocycles. The highest BCUT2D eigenvalue weighted by atomic mass is 35.5. The van der Waals surface area contributed by atoms with Crippen molar-refractivity contribution >= 4 is 34.7 Å². The maximum atomic E-state index is 11.9. The van der Waals surface area contributed by atoms with Gasteiger partial charge in [0.15, 0.2) is 4.47 Å². The zero-order valence-corrected chi connectivity index (χ0v) is 10.8. The van der Waals surface area contributed by atoms with Gasteiger partial charge < -0.3 is 10.6 Å². The van der Waals surface area contributed by atoms with E-state index in [9.17, 15) is 4.79 Å². The van der Waals surface area contributed by atoms with Crippen molar-refractivity contribution < 1.29 is 4.79 Å². The van der Waals surface area contributed by atoms with Gasteiger partial charge in [0.2, 0.25) is 0 Å². The van der Waals surface area contributed by atoms with E-state index in [2.05, 4.69) is 20.7 Å². The minimum absolute atomic E-state index is 0.271. The Labute approximate surface area is 112 Å². The van der Waals surface area contributed by atoms with Gasteiger partial charge in [-0.25, -0.2) is 9.67 Å². The predicted molar refractivity (Wildman–Crippen MR) is 69.2 cm³/mol. The molecule has 94 valence electrons. The van der Waals surface area contributed by atoms with Crippen molar-refractivity contribution in [3.63, 3.8) is 0 Å². The molecule has 0 unspecified atom stereocenters. The monoisotopic (exact) mass is 283 g/mol. The van der Waals surface area contributed by atoms with Crippen LogP contribution in [0.25, 0.3) is 0 Å². The van der Waals surface area contributed by atoms with Crippen molar-refractivity contribution in [1.82, 2.24) is 20.1 Å². The van der Waals surface area contributed by atoms with Crippen molar-refractivity contribution in [2.75, 3.05) is 18.4 Å². The molecule has 3 heterocycles. The van der Waals surface area contributed by atoms with Crippen LogP contribution in [0.15, 0.2) is 17.6 Å². The number of aromatic nitrogens is 3. The van der Waals surface area contributed by atoms with Gasteiger partial charge >= 0.3 is 0 Å². The van der Waals surface area contributed by atoms with Gasteiger partial charge in [-0.2, -0.15) is 5.10 Å². The molecular weight excluding hydrogens is 274 g/mol. The summed E-state index contributed by atoms with van der Waals surface area (Å²) in [7, 11) is 0. The highest BCUT2D eigenvalue weighted by molar-refractivity contribution is 7.14. The molecule has 2 aromatic rings. The summed E-state index contributed by atoms with van der Waals surface area (Å²) in [5.41, 5.74) is 0.324. The van der Waals surface area contributed by atoms with E-state index in [4.69, 9.17) is 11.6 Å². The van der Waals surface area contributed by atoms with Gasteiger partial charge in [-0.3, -0.25) is 4.79 Å². The minimum Gasteiger partial charge on any atom is -0.312 e. The van der Waals surface area contributed by atoms with Crippen LogP contribution >= 0.6 is 22.9 Å². The van der Waals surface area contributed by atoms with Crippen LogP contribution in [0.3, 0.4) is 0 Å². The Hall–Kier alpha value is -1.44. The van der Waals surface area contributed by atoms with Crippen LogP contribution in [-0.4, -0.2) is 33.8 Å². The summed E-state index contributed by atoms with van der Waals surface area (Å²) >= 11 is 6.93. The van der Waals surface area contributed by atoms with Gasteiger partial charge in [-0.15, -0.1) is 11.3 Å². The molecular formula is C10H10ClN5OS. The lowest BCUT2D eigenvalue weighted by Crippen LogP contribution is -2.44. The Balaban J connectivity index is 1.76. The Bertz CT molecular complexity index is 576. The second-order valence-corrected chi connectivity index (χ2v) is 5.35. The third-order valence-corrected chi connectivity index (χ3v) is 3.71. The number of carbonyl (C=O) groups is 1. The first kappa shape index (κ1) is 11.6. The van der Waals surface area contributed by atoms with E-state index in [0.717, 1.165) is 13.1 Å². The van der Waals surface area contributed by atoms with E-state index >= 15 is 0 Å². The normalized spacial score (nSPS) is 15.4. The molecule has 0 bridgehead atoms. The Morgan fingerprint density at radius 3 is 3.06 bits per heavy atom. The molecule has 0 aromatic carbocycles. The number of carbonyl (C=O) groups excluding carboxylic acids is 1. The minimum atomic E-state index is -0.271. The molecule has 2 aromatic heterocycles. The molecule has 1 amide bonds. The van der Waals surface area contributed by atoms with Crippen LogP contribution in [0.5, 0.6) is 0 Å². The number of thiazole rings is 1. The third kappa shape index (κ3) is 2.12. The van der Waals surface area contributed by atoms with Crippen molar-refractivity contribution in [2.24, 2.45) is 0 Å². The fourth-order valence-electron chi connectivity index (χ4n) is 1.69. The van der Waals surface area contributed by atoms with E-state index in [1.54, 1.807) is 17.6 Å². The molecule has 0 saturated carbocycles. The van der Waals surface area contributed by atoms with Crippen LogP contribution in [0.1, 0.15) is 16.5 Å². The first-order chi connectivity index (χ1) is 8.74. The van der Waals surface area contributed by atoms with Crippen LogP contribution in [-0.2, 0) is 0 Å². The highest BCUT2D eigenvalue weighted by Crippen LogP contribution is 2.19. The highest BCUT2D eigenvalue weighted by Gasteiger charge is 2.22. The van der Waals surface area contributed by atoms with Gasteiger partial charge in [0.05, 0.1) is 12.2 Å². The third-order valence-electron chi connectivity index (χ3n) is 2.73. The maximum Gasteiger partial charge on any atom is 0.276 e. The van der Waals surface area contributed by atoms with Gasteiger partial charge in [0, 0.05) is 24.5 Å². The standard InChI is InChI=1S/C10H10ClN5OS/c11-10-14-7(5-18-10)9(17)15-8-1-2-13-16(8)6-3-12-4-6/h1-2,5-6,12H,3-4H2,(H,15,17). The quantitative estimate of drug-likeness (QED) is 0.893. The molecule has 1 aliphatic heterocycles. The van der Waals surface area contributed by atoms with Gasteiger partial charge in [-0.05, 0) is 0 Å². The summed E-state index contributed by atoms with van der Waals surface area (Å²) in [5, 5.41) is 11.8. The van der Waals surface area contributed by atoms with Crippen LogP contribution in [0.4, 0.5) is 5.82 Å². The van der Waals surface area contributed by atoms with Gasteiger partial charge in [0.1, 0.15) is 11.5 Å². The molecule has 0 aliphatic carbocycles. The second-order valence-electron chi connectivity index (χ2n) is 3.91. The average Bonchev–Trinajstić information content (AvgIpc) is 2.86. The smallest absolute Gasteiger partial charge is 0.276 e. The van der Waals surface area contributed by atoms with E-state index < -0.39 is 0 Å². The van der Waals surface area contributed by atoms with Crippen LogP contribution in [0.2, 0.25) is 4.47 Å². The Kier molecular flexibility index (Phi) is 3.02. The summed E-state index contributed by atoms with van der Waals surface area (Å²) in [6.07, 6.45) is 1.67. The number of amides is 1. The molecule has 3 rings (SSSR count). The number of halogens is 1.